The van der Waals surface area contributed by atoms with Crippen molar-refractivity contribution < 1.29 is 19.2 Å². The van der Waals surface area contributed by atoms with Crippen LogP contribution >= 0.6 is 0 Å². The van der Waals surface area contributed by atoms with Gasteiger partial charge in [0.15, 0.2) is 0 Å². The summed E-state index contributed by atoms with van der Waals surface area (Å²) in [5.41, 5.74) is -0.991. The Bertz CT molecular complexity index is 407. The molecular weight excluding hydrogens is 284 g/mol. The lowest BCUT2D eigenvalue weighted by Gasteiger charge is -2.40. The quantitative estimate of drug-likeness (QED) is 0.752. The van der Waals surface area contributed by atoms with Gasteiger partial charge < -0.3 is 9.64 Å². The number of hydrogen-bond acceptors (Lipinski definition) is 4. The molecule has 1 heterocycles. The molecule has 6 heteroatoms. The average molecular weight is 314 g/mol. The van der Waals surface area contributed by atoms with Crippen LogP contribution in [-0.2, 0) is 14.4 Å². The fourth-order valence-electron chi connectivity index (χ4n) is 2.77. The molecule has 1 fully saturated rings. The Balaban J connectivity index is 2.61. The number of hydrogen-bond donors (Lipinski definition) is 0. The van der Waals surface area contributed by atoms with Gasteiger partial charge in [-0.2, -0.15) is 0 Å². The molecule has 0 aromatic heterocycles. The van der Waals surface area contributed by atoms with Crippen molar-refractivity contribution in [3.05, 3.63) is 0 Å². The second-order valence-electron chi connectivity index (χ2n) is 7.45. The molecule has 0 spiro atoms. The largest absolute Gasteiger partial charge is 0.444 e. The highest BCUT2D eigenvalue weighted by atomic mass is 16.7. The first kappa shape index (κ1) is 18.7. The number of piperidine rings is 1. The van der Waals surface area contributed by atoms with Gasteiger partial charge in [0.1, 0.15) is 5.60 Å². The van der Waals surface area contributed by atoms with Crippen molar-refractivity contribution in [1.29, 1.82) is 0 Å². The van der Waals surface area contributed by atoms with E-state index in [1.807, 2.05) is 34.6 Å². The molecule has 22 heavy (non-hydrogen) atoms. The number of amides is 2. The van der Waals surface area contributed by atoms with E-state index in [2.05, 4.69) is 0 Å². The molecule has 1 rings (SSSR count). The van der Waals surface area contributed by atoms with E-state index in [1.54, 1.807) is 11.9 Å². The molecule has 0 atom stereocenters. The molecule has 0 aromatic rings. The van der Waals surface area contributed by atoms with Gasteiger partial charge in [-0.3, -0.25) is 9.63 Å². The summed E-state index contributed by atoms with van der Waals surface area (Å²) in [5.74, 6) is 0.182. The molecule has 6 nitrogen and oxygen atoms in total. The lowest BCUT2D eigenvalue weighted by molar-refractivity contribution is -0.182. The third-order valence-corrected chi connectivity index (χ3v) is 4.28. The van der Waals surface area contributed by atoms with Crippen LogP contribution in [0.2, 0.25) is 0 Å². The molecule has 1 aliphatic heterocycles. The van der Waals surface area contributed by atoms with Crippen LogP contribution < -0.4 is 0 Å². The predicted molar refractivity (Wildman–Crippen MR) is 84.1 cm³/mol. The smallest absolute Gasteiger partial charge is 0.410 e. The van der Waals surface area contributed by atoms with Crippen LogP contribution in [0.25, 0.3) is 0 Å². The van der Waals surface area contributed by atoms with E-state index in [0.29, 0.717) is 13.1 Å². The highest BCUT2D eigenvalue weighted by Crippen LogP contribution is 2.36. The number of ether oxygens (including phenoxy) is 1. The van der Waals surface area contributed by atoms with Crippen molar-refractivity contribution in [2.45, 2.75) is 53.1 Å². The van der Waals surface area contributed by atoms with Gasteiger partial charge in [0, 0.05) is 25.6 Å². The maximum Gasteiger partial charge on any atom is 0.410 e. The minimum absolute atomic E-state index is 0.0364. The predicted octanol–water partition coefficient (Wildman–Crippen LogP) is 2.68. The number of carbonyl (C=O) groups is 2. The van der Waals surface area contributed by atoms with Crippen molar-refractivity contribution >= 4 is 12.0 Å². The van der Waals surface area contributed by atoms with Crippen LogP contribution in [0, 0.1) is 11.3 Å². The van der Waals surface area contributed by atoms with Gasteiger partial charge in [0.25, 0.3) is 5.91 Å². The Kier molecular flexibility index (Phi) is 5.84. The molecule has 128 valence electrons. The third kappa shape index (κ3) is 4.60. The van der Waals surface area contributed by atoms with E-state index < -0.39 is 11.0 Å². The molecule has 0 unspecified atom stereocenters. The summed E-state index contributed by atoms with van der Waals surface area (Å²) in [6.07, 6.45) is 1.30. The number of likely N-dealkylation sites (tertiary alicyclic amines) is 1. The molecule has 0 aromatic carbocycles. The average Bonchev–Trinajstić information content (AvgIpc) is 2.43. The van der Waals surface area contributed by atoms with E-state index in [9.17, 15) is 9.59 Å². The van der Waals surface area contributed by atoms with Gasteiger partial charge in [0.2, 0.25) is 0 Å². The summed E-state index contributed by atoms with van der Waals surface area (Å²) in [6.45, 7) is 10.7. The molecule has 0 radical (unpaired) electrons. The van der Waals surface area contributed by atoms with Gasteiger partial charge in [-0.25, -0.2) is 9.86 Å². The fourth-order valence-corrected chi connectivity index (χ4v) is 2.77. The second-order valence-corrected chi connectivity index (χ2v) is 7.45. The zero-order chi connectivity index (χ0) is 17.1. The number of hydroxylamine groups is 2. The minimum Gasteiger partial charge on any atom is -0.444 e. The monoisotopic (exact) mass is 314 g/mol. The zero-order valence-electron chi connectivity index (χ0n) is 14.9. The Morgan fingerprint density at radius 3 is 2.00 bits per heavy atom. The Hall–Kier alpha value is -1.30. The van der Waals surface area contributed by atoms with Gasteiger partial charge in [-0.1, -0.05) is 13.8 Å². The molecule has 2 amide bonds. The lowest BCUT2D eigenvalue weighted by atomic mass is 9.73. The molecule has 0 saturated carbocycles. The highest BCUT2D eigenvalue weighted by Gasteiger charge is 2.41. The molecule has 0 aliphatic carbocycles. The topological polar surface area (TPSA) is 59.1 Å². The van der Waals surface area contributed by atoms with Crippen molar-refractivity contribution in [2.75, 3.05) is 27.2 Å². The Labute approximate surface area is 133 Å². The molecular formula is C16H30N2O4. The van der Waals surface area contributed by atoms with Crippen LogP contribution in [0.1, 0.15) is 47.5 Å². The first-order valence-corrected chi connectivity index (χ1v) is 7.79. The zero-order valence-corrected chi connectivity index (χ0v) is 14.9. The first-order valence-electron chi connectivity index (χ1n) is 7.79. The summed E-state index contributed by atoms with van der Waals surface area (Å²) in [7, 11) is 3.11. The molecule has 0 N–H and O–H groups in total. The van der Waals surface area contributed by atoms with E-state index in [4.69, 9.17) is 9.57 Å². The number of rotatable bonds is 3. The normalized spacial score (nSPS) is 17.3. The maximum atomic E-state index is 12.4. The van der Waals surface area contributed by atoms with E-state index in [0.717, 1.165) is 12.8 Å². The van der Waals surface area contributed by atoms with Crippen molar-refractivity contribution in [3.8, 4) is 0 Å². The van der Waals surface area contributed by atoms with Crippen molar-refractivity contribution in [1.82, 2.24) is 9.96 Å². The summed E-state index contributed by atoms with van der Waals surface area (Å²) in [4.78, 5) is 31.2. The van der Waals surface area contributed by atoms with E-state index >= 15 is 0 Å². The summed E-state index contributed by atoms with van der Waals surface area (Å²) < 4.78 is 5.39. The summed E-state index contributed by atoms with van der Waals surface area (Å²) in [5, 5.41) is 1.28. The number of carbonyl (C=O) groups excluding carboxylic acids is 2. The minimum atomic E-state index is -0.509. The maximum absolute atomic E-state index is 12.4. The SMILES string of the molecule is CON(C)C(=O)C(C)(C)C1CCN(C(=O)OC(C)(C)C)CC1. The summed E-state index contributed by atoms with van der Waals surface area (Å²) in [6, 6.07) is 0. The standard InChI is InChI=1S/C16H30N2O4/c1-15(2,3)22-14(20)18-10-8-12(9-11-18)16(4,5)13(19)17(6)21-7/h12H,8-11H2,1-7H3. The van der Waals surface area contributed by atoms with E-state index in [1.165, 1.54) is 12.2 Å². The first-order chi connectivity index (χ1) is 9.99. The fraction of sp³-hybridized carbons (Fsp3) is 0.875. The number of nitrogens with zero attached hydrogens (tertiary/aromatic N) is 2. The van der Waals surface area contributed by atoms with Crippen molar-refractivity contribution in [3.63, 3.8) is 0 Å². The van der Waals surface area contributed by atoms with Crippen LogP contribution in [0.5, 0.6) is 0 Å². The second kappa shape index (κ2) is 6.86. The van der Waals surface area contributed by atoms with Crippen LogP contribution in [0.4, 0.5) is 4.79 Å². The van der Waals surface area contributed by atoms with Crippen LogP contribution in [0.15, 0.2) is 0 Å². The van der Waals surface area contributed by atoms with Gasteiger partial charge >= 0.3 is 6.09 Å². The lowest BCUT2D eigenvalue weighted by Crippen LogP contribution is -2.48. The highest BCUT2D eigenvalue weighted by molar-refractivity contribution is 5.81. The molecule has 1 saturated heterocycles. The molecule has 0 bridgehead atoms. The van der Waals surface area contributed by atoms with Crippen LogP contribution in [-0.4, -0.2) is 54.8 Å². The van der Waals surface area contributed by atoms with Crippen LogP contribution in [0.3, 0.4) is 0 Å². The molecule has 1 aliphatic rings. The summed E-state index contributed by atoms with van der Waals surface area (Å²) >= 11 is 0. The Morgan fingerprint density at radius 2 is 1.59 bits per heavy atom. The third-order valence-electron chi connectivity index (χ3n) is 4.28. The van der Waals surface area contributed by atoms with E-state index in [-0.39, 0.29) is 17.9 Å². The van der Waals surface area contributed by atoms with Gasteiger partial charge in [0.05, 0.1) is 7.11 Å². The van der Waals surface area contributed by atoms with Gasteiger partial charge in [-0.05, 0) is 39.5 Å². The van der Waals surface area contributed by atoms with Crippen molar-refractivity contribution in [2.24, 2.45) is 11.3 Å². The Morgan fingerprint density at radius 1 is 1.09 bits per heavy atom. The van der Waals surface area contributed by atoms with Gasteiger partial charge in [-0.15, -0.1) is 0 Å².